The van der Waals surface area contributed by atoms with Gasteiger partial charge in [0.05, 0.1) is 0 Å². The summed E-state index contributed by atoms with van der Waals surface area (Å²) in [4.78, 5) is 4.20. The van der Waals surface area contributed by atoms with Crippen LogP contribution in [0.1, 0.15) is 27.2 Å². The molecule has 0 atom stereocenters. The van der Waals surface area contributed by atoms with Gasteiger partial charge in [-0.05, 0) is 20.3 Å². The molecule has 0 heterocycles. The summed E-state index contributed by atoms with van der Waals surface area (Å²) in [6.07, 6.45) is 4.41. The van der Waals surface area contributed by atoms with Crippen LogP contribution in [0, 0.1) is 0 Å². The molecule has 0 bridgehead atoms. The molecule has 0 rings (SSSR count). The van der Waals surface area contributed by atoms with Gasteiger partial charge < -0.3 is 0 Å². The minimum Gasteiger partial charge on any atom is -0.261 e. The van der Waals surface area contributed by atoms with Crippen LogP contribution in [-0.2, 0) is 0 Å². The maximum absolute atomic E-state index is 4.20. The van der Waals surface area contributed by atoms with Gasteiger partial charge in [0.2, 0.25) is 0 Å². The molecule has 0 aromatic rings. The molecule has 10 heavy (non-hydrogen) atoms. The SMILES string of the molecule is C=CC=NC(CC)=C(C)C. The molecule has 1 heteroatoms. The van der Waals surface area contributed by atoms with E-state index < -0.39 is 0 Å². The van der Waals surface area contributed by atoms with E-state index in [1.165, 1.54) is 5.57 Å². The van der Waals surface area contributed by atoms with Gasteiger partial charge in [-0.25, -0.2) is 0 Å². The highest BCUT2D eigenvalue weighted by atomic mass is 14.7. The molecule has 0 spiro atoms. The third kappa shape index (κ3) is 3.23. The lowest BCUT2D eigenvalue weighted by atomic mass is 10.2. The van der Waals surface area contributed by atoms with Crippen LogP contribution in [0.15, 0.2) is 28.9 Å². The van der Waals surface area contributed by atoms with Crippen molar-refractivity contribution in [1.82, 2.24) is 0 Å². The van der Waals surface area contributed by atoms with Crippen molar-refractivity contribution >= 4 is 6.21 Å². The van der Waals surface area contributed by atoms with Crippen molar-refractivity contribution in [1.29, 1.82) is 0 Å². The van der Waals surface area contributed by atoms with Crippen LogP contribution in [0.5, 0.6) is 0 Å². The van der Waals surface area contributed by atoms with Crippen LogP contribution in [0.2, 0.25) is 0 Å². The van der Waals surface area contributed by atoms with Gasteiger partial charge in [-0.2, -0.15) is 0 Å². The predicted molar refractivity (Wildman–Crippen MR) is 47.4 cm³/mol. The van der Waals surface area contributed by atoms with E-state index >= 15 is 0 Å². The Labute approximate surface area is 63.2 Å². The first-order valence-corrected chi connectivity index (χ1v) is 3.53. The lowest BCUT2D eigenvalue weighted by molar-refractivity contribution is 1.03. The molecule has 0 fully saturated rings. The average Bonchev–Trinajstić information content (AvgIpc) is 1.89. The summed E-state index contributed by atoms with van der Waals surface area (Å²) in [5.41, 5.74) is 2.43. The van der Waals surface area contributed by atoms with Crippen molar-refractivity contribution in [3.05, 3.63) is 23.9 Å². The van der Waals surface area contributed by atoms with Crippen LogP contribution in [0.3, 0.4) is 0 Å². The van der Waals surface area contributed by atoms with E-state index in [0.717, 1.165) is 12.1 Å². The first-order valence-electron chi connectivity index (χ1n) is 3.53. The third-order valence-corrected chi connectivity index (χ3v) is 1.25. The van der Waals surface area contributed by atoms with E-state index in [-0.39, 0.29) is 0 Å². The van der Waals surface area contributed by atoms with E-state index in [9.17, 15) is 0 Å². The summed E-state index contributed by atoms with van der Waals surface area (Å²) in [5, 5.41) is 0. The van der Waals surface area contributed by atoms with Crippen LogP contribution < -0.4 is 0 Å². The van der Waals surface area contributed by atoms with Crippen LogP contribution in [-0.4, -0.2) is 6.21 Å². The second kappa shape index (κ2) is 4.98. The maximum atomic E-state index is 4.20. The number of hydrogen-bond donors (Lipinski definition) is 0. The smallest absolute Gasteiger partial charge is 0.0387 e. The summed E-state index contributed by atoms with van der Waals surface area (Å²) in [6, 6.07) is 0. The Morgan fingerprint density at radius 3 is 2.40 bits per heavy atom. The Kier molecular flexibility index (Phi) is 4.55. The topological polar surface area (TPSA) is 12.4 Å². The second-order valence-electron chi connectivity index (χ2n) is 2.31. The fraction of sp³-hybridized carbons (Fsp3) is 0.444. The lowest BCUT2D eigenvalue weighted by Crippen LogP contribution is -1.79. The van der Waals surface area contributed by atoms with Crippen LogP contribution in [0.25, 0.3) is 0 Å². The zero-order valence-electron chi connectivity index (χ0n) is 7.02. The van der Waals surface area contributed by atoms with Gasteiger partial charge in [-0.15, -0.1) is 0 Å². The van der Waals surface area contributed by atoms with E-state index in [1.54, 1.807) is 12.3 Å². The third-order valence-electron chi connectivity index (χ3n) is 1.25. The standard InChI is InChI=1S/C9H15N/c1-5-7-10-9(6-2)8(3)4/h5,7H,1,6H2,2-4H3. The van der Waals surface area contributed by atoms with Crippen molar-refractivity contribution in [2.75, 3.05) is 0 Å². The number of nitrogens with zero attached hydrogens (tertiary/aromatic N) is 1. The number of rotatable bonds is 3. The van der Waals surface area contributed by atoms with Gasteiger partial charge in [0.25, 0.3) is 0 Å². The molecule has 0 aromatic carbocycles. The molecular weight excluding hydrogens is 122 g/mol. The fourth-order valence-electron chi connectivity index (χ4n) is 0.717. The highest BCUT2D eigenvalue weighted by Gasteiger charge is 1.89. The van der Waals surface area contributed by atoms with Gasteiger partial charge in [-0.3, -0.25) is 4.99 Å². The van der Waals surface area contributed by atoms with E-state index in [1.807, 2.05) is 0 Å². The molecule has 0 aliphatic carbocycles. The maximum Gasteiger partial charge on any atom is 0.0387 e. The highest BCUT2D eigenvalue weighted by molar-refractivity contribution is 5.71. The highest BCUT2D eigenvalue weighted by Crippen LogP contribution is 2.07. The molecule has 1 nitrogen and oxygen atoms in total. The zero-order valence-corrected chi connectivity index (χ0v) is 7.02. The van der Waals surface area contributed by atoms with Gasteiger partial charge in [0, 0.05) is 11.9 Å². The van der Waals surface area contributed by atoms with Crippen molar-refractivity contribution in [3.63, 3.8) is 0 Å². The number of allylic oxidation sites excluding steroid dienone is 3. The molecule has 0 unspecified atom stereocenters. The Hall–Kier alpha value is -0.850. The summed E-state index contributed by atoms with van der Waals surface area (Å²) >= 11 is 0. The molecule has 0 saturated heterocycles. The summed E-state index contributed by atoms with van der Waals surface area (Å²) in [5.74, 6) is 0. The summed E-state index contributed by atoms with van der Waals surface area (Å²) < 4.78 is 0. The first kappa shape index (κ1) is 9.15. The van der Waals surface area contributed by atoms with Gasteiger partial charge in [0.15, 0.2) is 0 Å². The number of hydrogen-bond acceptors (Lipinski definition) is 1. The van der Waals surface area contributed by atoms with Crippen molar-refractivity contribution in [3.8, 4) is 0 Å². The monoisotopic (exact) mass is 137 g/mol. The molecule has 56 valence electrons. The molecule has 0 radical (unpaired) electrons. The summed E-state index contributed by atoms with van der Waals surface area (Å²) in [7, 11) is 0. The summed E-state index contributed by atoms with van der Waals surface area (Å²) in [6.45, 7) is 9.79. The first-order chi connectivity index (χ1) is 4.72. The normalized spacial score (nSPS) is 9.90. The minimum atomic E-state index is 0.993. The van der Waals surface area contributed by atoms with Crippen molar-refractivity contribution in [2.45, 2.75) is 27.2 Å². The van der Waals surface area contributed by atoms with Crippen LogP contribution in [0.4, 0.5) is 0 Å². The minimum absolute atomic E-state index is 0.993. The molecular formula is C9H15N. The second-order valence-corrected chi connectivity index (χ2v) is 2.31. The Balaban J connectivity index is 4.23. The van der Waals surface area contributed by atoms with E-state index in [4.69, 9.17) is 0 Å². The Morgan fingerprint density at radius 2 is 2.10 bits per heavy atom. The molecule has 0 saturated carbocycles. The zero-order chi connectivity index (χ0) is 7.98. The van der Waals surface area contributed by atoms with Crippen molar-refractivity contribution < 1.29 is 0 Å². The lowest BCUT2D eigenvalue weighted by Gasteiger charge is -1.97. The Bertz CT molecular complexity index is 160. The molecule has 0 amide bonds. The molecule has 0 N–H and O–H groups in total. The molecule has 0 aromatic heterocycles. The quantitative estimate of drug-likeness (QED) is 0.530. The molecule has 0 aliphatic rings. The van der Waals surface area contributed by atoms with E-state index in [2.05, 4.69) is 32.3 Å². The average molecular weight is 137 g/mol. The fourth-order valence-corrected chi connectivity index (χ4v) is 0.717. The van der Waals surface area contributed by atoms with Crippen LogP contribution >= 0.6 is 0 Å². The van der Waals surface area contributed by atoms with Crippen molar-refractivity contribution in [2.24, 2.45) is 4.99 Å². The van der Waals surface area contributed by atoms with Gasteiger partial charge in [0.1, 0.15) is 0 Å². The predicted octanol–water partition coefficient (Wildman–Crippen LogP) is 2.95. The van der Waals surface area contributed by atoms with Gasteiger partial charge >= 0.3 is 0 Å². The largest absolute Gasteiger partial charge is 0.261 e. The van der Waals surface area contributed by atoms with Gasteiger partial charge in [-0.1, -0.05) is 25.2 Å². The number of aliphatic imine (C=N–C) groups is 1. The van der Waals surface area contributed by atoms with E-state index in [0.29, 0.717) is 0 Å². The molecule has 0 aliphatic heterocycles. The Morgan fingerprint density at radius 1 is 1.50 bits per heavy atom.